The molecule has 0 bridgehead atoms. The van der Waals surface area contributed by atoms with Crippen molar-refractivity contribution in [1.29, 1.82) is 0 Å². The zero-order chi connectivity index (χ0) is 9.68. The molecule has 0 N–H and O–H groups in total. The van der Waals surface area contributed by atoms with Crippen LogP contribution in [0.25, 0.3) is 0 Å². The fourth-order valence-corrected chi connectivity index (χ4v) is 1.01. The number of ether oxygens (including phenoxy) is 1. The number of ketones is 1. The van der Waals surface area contributed by atoms with Crippen molar-refractivity contribution in [3.05, 3.63) is 29.3 Å². The van der Waals surface area contributed by atoms with E-state index in [9.17, 15) is 4.79 Å². The summed E-state index contributed by atoms with van der Waals surface area (Å²) in [7, 11) is 0. The quantitative estimate of drug-likeness (QED) is 0.744. The van der Waals surface area contributed by atoms with Crippen LogP contribution in [0.3, 0.4) is 0 Å². The Hall–Kier alpha value is -1.02. The molecule has 1 aromatic rings. The third-order valence-electron chi connectivity index (χ3n) is 1.62. The summed E-state index contributed by atoms with van der Waals surface area (Å²) in [4.78, 5) is 10.9. The normalized spacial score (nSPS) is 9.69. The van der Waals surface area contributed by atoms with Gasteiger partial charge in [-0.3, -0.25) is 4.79 Å². The molecule has 0 spiro atoms. The summed E-state index contributed by atoms with van der Waals surface area (Å²) in [6.45, 7) is 1.90. The molecule has 2 nitrogen and oxygen atoms in total. The first-order valence-electron chi connectivity index (χ1n) is 4.13. The molecule has 0 heterocycles. The molecule has 0 amide bonds. The van der Waals surface area contributed by atoms with Crippen LogP contribution in [0.4, 0.5) is 0 Å². The molecule has 70 valence electrons. The molecule has 0 aromatic heterocycles. The molecule has 0 aliphatic heterocycles. The second kappa shape index (κ2) is 4.87. The average molecular weight is 199 g/mol. The Morgan fingerprint density at radius 3 is 2.77 bits per heavy atom. The Balaban J connectivity index is 2.54. The molecule has 0 unspecified atom stereocenters. The average Bonchev–Trinajstić information content (AvgIpc) is 2.16. The van der Waals surface area contributed by atoms with Gasteiger partial charge in [-0.25, -0.2) is 0 Å². The highest BCUT2D eigenvalue weighted by Gasteiger charge is 2.02. The SMILES string of the molecule is CCC(=O)COc1ccccc1Cl. The van der Waals surface area contributed by atoms with Crippen molar-refractivity contribution >= 4 is 17.4 Å². The van der Waals surface area contributed by atoms with Gasteiger partial charge in [0, 0.05) is 6.42 Å². The van der Waals surface area contributed by atoms with Gasteiger partial charge in [0.1, 0.15) is 12.4 Å². The number of carbonyl (C=O) groups is 1. The summed E-state index contributed by atoms with van der Waals surface area (Å²) < 4.78 is 5.21. The molecule has 13 heavy (non-hydrogen) atoms. The fourth-order valence-electron chi connectivity index (χ4n) is 0.822. The molecular weight excluding hydrogens is 188 g/mol. The monoisotopic (exact) mass is 198 g/mol. The number of carbonyl (C=O) groups excluding carboxylic acids is 1. The van der Waals surface area contributed by atoms with Crippen molar-refractivity contribution in [2.45, 2.75) is 13.3 Å². The predicted molar refractivity (Wildman–Crippen MR) is 52.2 cm³/mol. The van der Waals surface area contributed by atoms with E-state index in [0.717, 1.165) is 0 Å². The lowest BCUT2D eigenvalue weighted by Crippen LogP contribution is -2.09. The van der Waals surface area contributed by atoms with Crippen LogP contribution in [0.5, 0.6) is 5.75 Å². The Morgan fingerprint density at radius 1 is 1.46 bits per heavy atom. The van der Waals surface area contributed by atoms with E-state index in [2.05, 4.69) is 0 Å². The first kappa shape index (κ1) is 10.1. The van der Waals surface area contributed by atoms with Crippen molar-refractivity contribution in [2.24, 2.45) is 0 Å². The third-order valence-corrected chi connectivity index (χ3v) is 1.93. The Kier molecular flexibility index (Phi) is 3.77. The van der Waals surface area contributed by atoms with Gasteiger partial charge in [-0.15, -0.1) is 0 Å². The lowest BCUT2D eigenvalue weighted by Gasteiger charge is -2.05. The van der Waals surface area contributed by atoms with Gasteiger partial charge in [0.05, 0.1) is 5.02 Å². The maximum Gasteiger partial charge on any atom is 0.169 e. The summed E-state index contributed by atoms with van der Waals surface area (Å²) >= 11 is 5.81. The van der Waals surface area contributed by atoms with E-state index in [0.29, 0.717) is 17.2 Å². The second-order valence-corrected chi connectivity index (χ2v) is 3.02. The molecule has 1 rings (SSSR count). The molecule has 0 radical (unpaired) electrons. The van der Waals surface area contributed by atoms with Crippen LogP contribution in [0, 0.1) is 0 Å². The van der Waals surface area contributed by atoms with Gasteiger partial charge < -0.3 is 4.74 Å². The van der Waals surface area contributed by atoms with E-state index >= 15 is 0 Å². The number of benzene rings is 1. The zero-order valence-electron chi connectivity index (χ0n) is 7.42. The topological polar surface area (TPSA) is 26.3 Å². The Labute approximate surface area is 82.5 Å². The van der Waals surface area contributed by atoms with Crippen molar-refractivity contribution in [2.75, 3.05) is 6.61 Å². The largest absolute Gasteiger partial charge is 0.484 e. The zero-order valence-corrected chi connectivity index (χ0v) is 8.17. The van der Waals surface area contributed by atoms with Gasteiger partial charge in [-0.1, -0.05) is 30.7 Å². The van der Waals surface area contributed by atoms with Crippen LogP contribution < -0.4 is 4.74 Å². The van der Waals surface area contributed by atoms with Crippen molar-refractivity contribution in [1.82, 2.24) is 0 Å². The Morgan fingerprint density at radius 2 is 2.15 bits per heavy atom. The molecule has 0 fully saturated rings. The van der Waals surface area contributed by atoms with Crippen LogP contribution in [-0.4, -0.2) is 12.4 Å². The van der Waals surface area contributed by atoms with Gasteiger partial charge in [0.2, 0.25) is 0 Å². The number of para-hydroxylation sites is 1. The van der Waals surface area contributed by atoms with E-state index in [1.54, 1.807) is 19.1 Å². The number of Topliss-reactive ketones (excluding diaryl/α,β-unsaturated/α-hetero) is 1. The van der Waals surface area contributed by atoms with E-state index < -0.39 is 0 Å². The fraction of sp³-hybridized carbons (Fsp3) is 0.300. The second-order valence-electron chi connectivity index (χ2n) is 2.61. The van der Waals surface area contributed by atoms with E-state index in [-0.39, 0.29) is 12.4 Å². The van der Waals surface area contributed by atoms with Gasteiger partial charge in [0.15, 0.2) is 5.78 Å². The van der Waals surface area contributed by atoms with Crippen molar-refractivity contribution in [3.8, 4) is 5.75 Å². The highest BCUT2D eigenvalue weighted by molar-refractivity contribution is 6.32. The first-order chi connectivity index (χ1) is 6.24. The molecule has 0 aliphatic carbocycles. The van der Waals surface area contributed by atoms with Crippen molar-refractivity contribution in [3.63, 3.8) is 0 Å². The Bertz CT molecular complexity index is 297. The summed E-state index contributed by atoms with van der Waals surface area (Å²) in [6, 6.07) is 7.10. The minimum absolute atomic E-state index is 0.0694. The number of halogens is 1. The maximum atomic E-state index is 10.9. The van der Waals surface area contributed by atoms with Crippen LogP contribution in [0.15, 0.2) is 24.3 Å². The van der Waals surface area contributed by atoms with E-state index in [1.165, 1.54) is 0 Å². The smallest absolute Gasteiger partial charge is 0.169 e. The van der Waals surface area contributed by atoms with Crippen LogP contribution in [-0.2, 0) is 4.79 Å². The molecule has 0 atom stereocenters. The van der Waals surface area contributed by atoms with Gasteiger partial charge in [-0.05, 0) is 12.1 Å². The molecular formula is C10H11ClO2. The van der Waals surface area contributed by atoms with Gasteiger partial charge >= 0.3 is 0 Å². The lowest BCUT2D eigenvalue weighted by atomic mass is 10.3. The molecule has 3 heteroatoms. The van der Waals surface area contributed by atoms with Crippen LogP contribution in [0.2, 0.25) is 5.02 Å². The molecule has 0 saturated heterocycles. The predicted octanol–water partition coefficient (Wildman–Crippen LogP) is 2.70. The standard InChI is InChI=1S/C10H11ClO2/c1-2-8(12)7-13-10-6-4-3-5-9(10)11/h3-6H,2,7H2,1H3. The summed E-state index contributed by atoms with van der Waals surface area (Å²) in [5, 5.41) is 0.534. The number of hydrogen-bond acceptors (Lipinski definition) is 2. The summed E-state index contributed by atoms with van der Waals surface area (Å²) in [6.07, 6.45) is 0.491. The molecule has 1 aromatic carbocycles. The first-order valence-corrected chi connectivity index (χ1v) is 4.51. The molecule has 0 saturated carbocycles. The minimum Gasteiger partial charge on any atom is -0.484 e. The van der Waals surface area contributed by atoms with Gasteiger partial charge in [-0.2, -0.15) is 0 Å². The van der Waals surface area contributed by atoms with Crippen LogP contribution in [0.1, 0.15) is 13.3 Å². The maximum absolute atomic E-state index is 10.9. The summed E-state index contributed by atoms with van der Waals surface area (Å²) in [5.74, 6) is 0.630. The van der Waals surface area contributed by atoms with E-state index in [4.69, 9.17) is 16.3 Å². The van der Waals surface area contributed by atoms with Crippen LogP contribution >= 0.6 is 11.6 Å². The highest BCUT2D eigenvalue weighted by Crippen LogP contribution is 2.22. The number of rotatable bonds is 4. The van der Waals surface area contributed by atoms with Gasteiger partial charge in [0.25, 0.3) is 0 Å². The summed E-state index contributed by atoms with van der Waals surface area (Å²) in [5.41, 5.74) is 0. The minimum atomic E-state index is 0.0694. The highest BCUT2D eigenvalue weighted by atomic mass is 35.5. The van der Waals surface area contributed by atoms with E-state index in [1.807, 2.05) is 12.1 Å². The van der Waals surface area contributed by atoms with Crippen molar-refractivity contribution < 1.29 is 9.53 Å². The third kappa shape index (κ3) is 3.07. The lowest BCUT2D eigenvalue weighted by molar-refractivity contribution is -0.120. The molecule has 0 aliphatic rings. The number of hydrogen-bond donors (Lipinski definition) is 0.